The van der Waals surface area contributed by atoms with E-state index in [1.807, 2.05) is 23.7 Å². The summed E-state index contributed by atoms with van der Waals surface area (Å²) in [5.41, 5.74) is 1.36. The SMILES string of the molecule is C=CC(=O)N(C)C1CCCC2=C1SC(CC)N2. The molecule has 1 aliphatic heterocycles. The van der Waals surface area contributed by atoms with Crippen molar-refractivity contribution in [1.29, 1.82) is 0 Å². The molecule has 0 aromatic carbocycles. The largest absolute Gasteiger partial charge is 0.376 e. The summed E-state index contributed by atoms with van der Waals surface area (Å²) in [4.78, 5) is 14.9. The predicted octanol–water partition coefficient (Wildman–Crippen LogP) is 2.47. The first kappa shape index (κ1) is 12.6. The number of amides is 1. The van der Waals surface area contributed by atoms with Gasteiger partial charge in [0.2, 0.25) is 5.91 Å². The van der Waals surface area contributed by atoms with Crippen LogP contribution in [0, 0.1) is 0 Å². The van der Waals surface area contributed by atoms with Crippen molar-refractivity contribution in [2.75, 3.05) is 7.05 Å². The molecule has 0 spiro atoms. The molecule has 0 saturated heterocycles. The molecule has 0 saturated carbocycles. The van der Waals surface area contributed by atoms with E-state index in [1.165, 1.54) is 16.7 Å². The molecule has 94 valence electrons. The highest BCUT2D eigenvalue weighted by atomic mass is 32.2. The zero-order valence-electron chi connectivity index (χ0n) is 10.5. The van der Waals surface area contributed by atoms with Gasteiger partial charge in [0.1, 0.15) is 0 Å². The number of hydrogen-bond acceptors (Lipinski definition) is 3. The fourth-order valence-electron chi connectivity index (χ4n) is 2.45. The number of rotatable bonds is 3. The molecule has 17 heavy (non-hydrogen) atoms. The average Bonchev–Trinajstić information content (AvgIpc) is 2.79. The van der Waals surface area contributed by atoms with Crippen LogP contribution in [-0.4, -0.2) is 29.3 Å². The molecular formula is C13H20N2OS. The topological polar surface area (TPSA) is 32.3 Å². The maximum absolute atomic E-state index is 11.7. The molecule has 0 radical (unpaired) electrons. The maximum atomic E-state index is 11.7. The Labute approximate surface area is 107 Å². The molecule has 0 aromatic heterocycles. The summed E-state index contributed by atoms with van der Waals surface area (Å²) < 4.78 is 0. The van der Waals surface area contributed by atoms with Gasteiger partial charge >= 0.3 is 0 Å². The lowest BCUT2D eigenvalue weighted by molar-refractivity contribution is -0.126. The Kier molecular flexibility index (Phi) is 3.82. The molecule has 3 nitrogen and oxygen atoms in total. The predicted molar refractivity (Wildman–Crippen MR) is 72.4 cm³/mol. The standard InChI is InChI=1S/C13H20N2OS/c1-4-11-14-9-7-6-8-10(13(9)17-11)15(3)12(16)5-2/h5,10-11,14H,2,4,6-8H2,1,3H3. The fourth-order valence-corrected chi connectivity index (χ4v) is 3.86. The molecule has 1 aliphatic carbocycles. The lowest BCUT2D eigenvalue weighted by Crippen LogP contribution is -2.38. The molecule has 2 aliphatic rings. The maximum Gasteiger partial charge on any atom is 0.246 e. The average molecular weight is 252 g/mol. The normalized spacial score (nSPS) is 27.4. The second-order valence-electron chi connectivity index (χ2n) is 4.56. The van der Waals surface area contributed by atoms with Crippen LogP contribution in [0.1, 0.15) is 32.6 Å². The molecule has 2 atom stereocenters. The number of carbonyl (C=O) groups is 1. The van der Waals surface area contributed by atoms with Gasteiger partial charge in [0, 0.05) is 17.6 Å². The molecule has 0 fully saturated rings. The van der Waals surface area contributed by atoms with Gasteiger partial charge in [-0.25, -0.2) is 0 Å². The summed E-state index contributed by atoms with van der Waals surface area (Å²) in [5, 5.41) is 4.06. The third kappa shape index (κ3) is 2.37. The van der Waals surface area contributed by atoms with E-state index in [4.69, 9.17) is 0 Å². The lowest BCUT2D eigenvalue weighted by atomic mass is 9.98. The van der Waals surface area contributed by atoms with E-state index in [-0.39, 0.29) is 11.9 Å². The number of carbonyl (C=O) groups excluding carboxylic acids is 1. The molecule has 0 bridgehead atoms. The number of likely N-dealkylation sites (N-methyl/N-ethyl adjacent to an activating group) is 1. The van der Waals surface area contributed by atoms with Crippen molar-refractivity contribution in [2.45, 2.75) is 44.0 Å². The van der Waals surface area contributed by atoms with Gasteiger partial charge < -0.3 is 10.2 Å². The Morgan fingerprint density at radius 3 is 3.12 bits per heavy atom. The van der Waals surface area contributed by atoms with Gasteiger partial charge in [-0.3, -0.25) is 4.79 Å². The Morgan fingerprint density at radius 1 is 1.71 bits per heavy atom. The van der Waals surface area contributed by atoms with Crippen molar-refractivity contribution in [3.63, 3.8) is 0 Å². The second kappa shape index (κ2) is 5.17. The van der Waals surface area contributed by atoms with E-state index in [1.54, 1.807) is 0 Å². The number of allylic oxidation sites excluding steroid dienone is 1. The Morgan fingerprint density at radius 2 is 2.47 bits per heavy atom. The Balaban J connectivity index is 2.16. The third-order valence-corrected chi connectivity index (χ3v) is 4.98. The minimum absolute atomic E-state index is 0.0179. The van der Waals surface area contributed by atoms with E-state index in [2.05, 4.69) is 18.8 Å². The van der Waals surface area contributed by atoms with Crippen LogP contribution >= 0.6 is 11.8 Å². The van der Waals surface area contributed by atoms with E-state index in [0.717, 1.165) is 25.7 Å². The van der Waals surface area contributed by atoms with E-state index in [0.29, 0.717) is 5.37 Å². The van der Waals surface area contributed by atoms with Gasteiger partial charge in [-0.1, -0.05) is 13.5 Å². The van der Waals surface area contributed by atoms with Crippen molar-refractivity contribution in [2.24, 2.45) is 0 Å². The third-order valence-electron chi connectivity index (χ3n) is 3.47. The zero-order chi connectivity index (χ0) is 12.4. The van der Waals surface area contributed by atoms with E-state index in [9.17, 15) is 4.79 Å². The van der Waals surface area contributed by atoms with Crippen LogP contribution in [-0.2, 0) is 4.79 Å². The second-order valence-corrected chi connectivity index (χ2v) is 5.81. The van der Waals surface area contributed by atoms with Gasteiger partial charge in [0.15, 0.2) is 0 Å². The van der Waals surface area contributed by atoms with Crippen LogP contribution in [0.3, 0.4) is 0 Å². The first-order valence-corrected chi connectivity index (χ1v) is 7.10. The van der Waals surface area contributed by atoms with Crippen molar-refractivity contribution < 1.29 is 4.79 Å². The molecular weight excluding hydrogens is 232 g/mol. The van der Waals surface area contributed by atoms with Crippen LogP contribution in [0.15, 0.2) is 23.3 Å². The van der Waals surface area contributed by atoms with Gasteiger partial charge in [-0.15, -0.1) is 11.8 Å². The summed E-state index contributed by atoms with van der Waals surface area (Å²) in [6.45, 7) is 5.75. The summed E-state index contributed by atoms with van der Waals surface area (Å²) in [6, 6.07) is 0.248. The highest BCUT2D eigenvalue weighted by Crippen LogP contribution is 2.42. The number of nitrogens with one attached hydrogen (secondary N) is 1. The number of nitrogens with zero attached hydrogens (tertiary/aromatic N) is 1. The summed E-state index contributed by atoms with van der Waals surface area (Å²) in [7, 11) is 1.88. The monoisotopic (exact) mass is 252 g/mol. The molecule has 2 rings (SSSR count). The highest BCUT2D eigenvalue weighted by molar-refractivity contribution is 8.04. The van der Waals surface area contributed by atoms with Gasteiger partial charge in [-0.2, -0.15) is 0 Å². The van der Waals surface area contributed by atoms with E-state index < -0.39 is 0 Å². The van der Waals surface area contributed by atoms with Crippen molar-refractivity contribution >= 4 is 17.7 Å². The van der Waals surface area contributed by atoms with Crippen LogP contribution in [0.4, 0.5) is 0 Å². The van der Waals surface area contributed by atoms with Crippen molar-refractivity contribution in [3.05, 3.63) is 23.3 Å². The number of thioether (sulfide) groups is 1. The summed E-state index contributed by atoms with van der Waals surface area (Å²) >= 11 is 1.90. The van der Waals surface area contributed by atoms with Crippen LogP contribution in [0.5, 0.6) is 0 Å². The molecule has 0 aromatic rings. The molecule has 2 unspecified atom stereocenters. The quantitative estimate of drug-likeness (QED) is 0.783. The number of hydrogen-bond donors (Lipinski definition) is 1. The molecule has 1 heterocycles. The molecule has 1 amide bonds. The van der Waals surface area contributed by atoms with Gasteiger partial charge in [-0.05, 0) is 31.8 Å². The van der Waals surface area contributed by atoms with Crippen molar-refractivity contribution in [3.8, 4) is 0 Å². The zero-order valence-corrected chi connectivity index (χ0v) is 11.3. The lowest BCUT2D eigenvalue weighted by Gasteiger charge is -2.31. The van der Waals surface area contributed by atoms with Gasteiger partial charge in [0.25, 0.3) is 0 Å². The minimum Gasteiger partial charge on any atom is -0.376 e. The molecule has 1 N–H and O–H groups in total. The van der Waals surface area contributed by atoms with Crippen LogP contribution in [0.25, 0.3) is 0 Å². The van der Waals surface area contributed by atoms with Gasteiger partial charge in [0.05, 0.1) is 11.4 Å². The summed E-state index contributed by atoms with van der Waals surface area (Å²) in [6.07, 6.45) is 5.87. The van der Waals surface area contributed by atoms with E-state index >= 15 is 0 Å². The smallest absolute Gasteiger partial charge is 0.246 e. The first-order valence-electron chi connectivity index (χ1n) is 6.22. The van der Waals surface area contributed by atoms with Crippen molar-refractivity contribution in [1.82, 2.24) is 10.2 Å². The minimum atomic E-state index is 0.0179. The Hall–Kier alpha value is -0.900. The fraction of sp³-hybridized carbons (Fsp3) is 0.615. The highest BCUT2D eigenvalue weighted by Gasteiger charge is 2.34. The first-order chi connectivity index (χ1) is 8.17. The summed E-state index contributed by atoms with van der Waals surface area (Å²) in [5.74, 6) is 0.0179. The Bertz CT molecular complexity index is 364. The molecule has 4 heteroatoms. The van der Waals surface area contributed by atoms with Crippen LogP contribution in [0.2, 0.25) is 0 Å². The van der Waals surface area contributed by atoms with Crippen LogP contribution < -0.4 is 5.32 Å².